The Balaban J connectivity index is 1.32. The van der Waals surface area contributed by atoms with Crippen molar-refractivity contribution in [3.63, 3.8) is 0 Å². The summed E-state index contributed by atoms with van der Waals surface area (Å²) in [5.41, 5.74) is 13.9. The van der Waals surface area contributed by atoms with E-state index in [2.05, 4.69) is 213 Å². The summed E-state index contributed by atoms with van der Waals surface area (Å²) < 4.78 is 5.02. The van der Waals surface area contributed by atoms with Crippen LogP contribution in [-0.4, -0.2) is 8.80 Å². The Morgan fingerprint density at radius 2 is 0.558 bits per heavy atom. The predicted molar refractivity (Wildman–Crippen MR) is 219 cm³/mol. The number of para-hydroxylation sites is 6. The number of aromatic nitrogens is 2. The molecule has 11 aromatic rings. The fraction of sp³-hybridized carbons (Fsp3) is 0. The molecule has 8 aromatic carbocycles. The molecule has 4 heteroatoms. The van der Waals surface area contributed by atoms with Crippen LogP contribution >= 0.6 is 0 Å². The maximum absolute atomic E-state index is 2.51. The van der Waals surface area contributed by atoms with Crippen LogP contribution in [0.3, 0.4) is 0 Å². The molecule has 0 amide bonds. The number of anilines is 6. The standard InChI is InChI=1S/C48H32N4/c1-5-17-33(18-6-1)49(34-19-7-2-8-20-34)37-29-41-39-25-13-15-27-43(39)52-46-32-38(50(35-21-9-3-10-22-35)36-23-11-4-12-24-36)30-42-40-26-14-16-28-44(40)51(48(42)46)45(31-37)47(41)52/h1-32H. The molecule has 0 bridgehead atoms. The van der Waals surface area contributed by atoms with Crippen molar-refractivity contribution in [3.8, 4) is 0 Å². The minimum absolute atomic E-state index is 1.12. The minimum atomic E-state index is 1.12. The fourth-order valence-electron chi connectivity index (χ4n) is 8.43. The van der Waals surface area contributed by atoms with Crippen molar-refractivity contribution in [1.82, 2.24) is 8.80 Å². The molecule has 0 aliphatic heterocycles. The van der Waals surface area contributed by atoms with Crippen LogP contribution in [0, 0.1) is 0 Å². The van der Waals surface area contributed by atoms with Gasteiger partial charge in [-0.2, -0.15) is 0 Å². The quantitative estimate of drug-likeness (QED) is 0.164. The van der Waals surface area contributed by atoms with Gasteiger partial charge in [0.15, 0.2) is 0 Å². The number of benzene rings is 8. The Kier molecular flexibility index (Phi) is 6.22. The van der Waals surface area contributed by atoms with Crippen LogP contribution in [0.1, 0.15) is 0 Å². The maximum Gasteiger partial charge on any atom is 0.0784 e. The molecule has 11 rings (SSSR count). The summed E-state index contributed by atoms with van der Waals surface area (Å²) in [5, 5.41) is 4.92. The molecule has 0 N–H and O–H groups in total. The molecule has 0 aliphatic rings. The van der Waals surface area contributed by atoms with E-state index in [1.165, 1.54) is 54.6 Å². The topological polar surface area (TPSA) is 15.3 Å². The molecular weight excluding hydrogens is 633 g/mol. The lowest BCUT2D eigenvalue weighted by Gasteiger charge is -2.27. The zero-order valence-corrected chi connectivity index (χ0v) is 28.3. The summed E-state index contributed by atoms with van der Waals surface area (Å²) in [6, 6.07) is 70.1. The molecule has 0 fully saturated rings. The van der Waals surface area contributed by atoms with Gasteiger partial charge in [-0.15, -0.1) is 0 Å². The van der Waals surface area contributed by atoms with Crippen LogP contribution in [0.25, 0.3) is 54.6 Å². The minimum Gasteiger partial charge on any atom is -0.310 e. The summed E-state index contributed by atoms with van der Waals surface area (Å²) in [4.78, 5) is 4.75. The number of hydrogen-bond donors (Lipinski definition) is 0. The van der Waals surface area contributed by atoms with Gasteiger partial charge < -0.3 is 18.6 Å². The van der Waals surface area contributed by atoms with E-state index in [4.69, 9.17) is 0 Å². The average molecular weight is 665 g/mol. The van der Waals surface area contributed by atoms with E-state index in [1.807, 2.05) is 0 Å². The van der Waals surface area contributed by atoms with E-state index in [0.717, 1.165) is 34.1 Å². The van der Waals surface area contributed by atoms with Gasteiger partial charge in [0, 0.05) is 55.7 Å². The van der Waals surface area contributed by atoms with Crippen molar-refractivity contribution in [1.29, 1.82) is 0 Å². The highest BCUT2D eigenvalue weighted by Gasteiger charge is 2.25. The third-order valence-electron chi connectivity index (χ3n) is 10.5. The van der Waals surface area contributed by atoms with E-state index in [1.54, 1.807) is 0 Å². The zero-order valence-electron chi connectivity index (χ0n) is 28.3. The van der Waals surface area contributed by atoms with Gasteiger partial charge in [0.05, 0.1) is 33.1 Å². The lowest BCUT2D eigenvalue weighted by atomic mass is 10.1. The van der Waals surface area contributed by atoms with Crippen molar-refractivity contribution in [2.24, 2.45) is 0 Å². The molecule has 244 valence electrons. The molecule has 3 heterocycles. The Hall–Kier alpha value is -7.04. The molecule has 52 heavy (non-hydrogen) atoms. The summed E-state index contributed by atoms with van der Waals surface area (Å²) in [6.45, 7) is 0. The van der Waals surface area contributed by atoms with Gasteiger partial charge >= 0.3 is 0 Å². The lowest BCUT2D eigenvalue weighted by molar-refractivity contribution is 1.23. The molecule has 0 saturated carbocycles. The Bertz CT molecular complexity index is 2760. The molecule has 0 saturated heterocycles. The molecule has 0 radical (unpaired) electrons. The second-order valence-corrected chi connectivity index (χ2v) is 13.4. The van der Waals surface area contributed by atoms with Crippen LogP contribution in [0.15, 0.2) is 194 Å². The number of hydrogen-bond acceptors (Lipinski definition) is 2. The van der Waals surface area contributed by atoms with Crippen molar-refractivity contribution >= 4 is 88.8 Å². The monoisotopic (exact) mass is 664 g/mol. The predicted octanol–water partition coefficient (Wildman–Crippen LogP) is 13.2. The molecule has 0 aliphatic carbocycles. The first-order valence-electron chi connectivity index (χ1n) is 17.8. The van der Waals surface area contributed by atoms with E-state index in [9.17, 15) is 0 Å². The van der Waals surface area contributed by atoms with E-state index >= 15 is 0 Å². The maximum atomic E-state index is 2.51. The van der Waals surface area contributed by atoms with Gasteiger partial charge in [-0.3, -0.25) is 0 Å². The second-order valence-electron chi connectivity index (χ2n) is 13.4. The second kappa shape index (κ2) is 11.2. The van der Waals surface area contributed by atoms with Gasteiger partial charge in [-0.25, -0.2) is 0 Å². The van der Waals surface area contributed by atoms with Gasteiger partial charge in [0.1, 0.15) is 0 Å². The van der Waals surface area contributed by atoms with Crippen molar-refractivity contribution in [2.75, 3.05) is 9.80 Å². The van der Waals surface area contributed by atoms with Gasteiger partial charge in [0.2, 0.25) is 0 Å². The summed E-state index contributed by atoms with van der Waals surface area (Å²) in [6.07, 6.45) is 0. The lowest BCUT2D eigenvalue weighted by Crippen LogP contribution is -2.11. The summed E-state index contributed by atoms with van der Waals surface area (Å²) >= 11 is 0. The van der Waals surface area contributed by atoms with Gasteiger partial charge in [-0.1, -0.05) is 109 Å². The molecule has 0 spiro atoms. The smallest absolute Gasteiger partial charge is 0.0784 e. The summed E-state index contributed by atoms with van der Waals surface area (Å²) in [5.74, 6) is 0. The molecule has 4 nitrogen and oxygen atoms in total. The van der Waals surface area contributed by atoms with Gasteiger partial charge in [-0.05, 0) is 84.9 Å². The Labute approximate surface area is 300 Å². The molecular formula is C48H32N4. The highest BCUT2D eigenvalue weighted by molar-refractivity contribution is 6.23. The molecule has 3 aromatic heterocycles. The first-order chi connectivity index (χ1) is 25.8. The summed E-state index contributed by atoms with van der Waals surface area (Å²) in [7, 11) is 0. The highest BCUT2D eigenvalue weighted by atomic mass is 15.2. The van der Waals surface area contributed by atoms with Crippen LogP contribution in [-0.2, 0) is 0 Å². The van der Waals surface area contributed by atoms with E-state index in [-0.39, 0.29) is 0 Å². The number of rotatable bonds is 6. The van der Waals surface area contributed by atoms with Crippen LogP contribution in [0.5, 0.6) is 0 Å². The first-order valence-corrected chi connectivity index (χ1v) is 17.8. The van der Waals surface area contributed by atoms with Crippen molar-refractivity contribution in [3.05, 3.63) is 194 Å². The third-order valence-corrected chi connectivity index (χ3v) is 10.5. The van der Waals surface area contributed by atoms with Crippen molar-refractivity contribution < 1.29 is 0 Å². The molecule has 0 unspecified atom stereocenters. The SMILES string of the molecule is c1ccc(N(c2ccccc2)c2cc3c4ccccc4n4c5cc(N(c6ccccc6)c6ccccc6)cc6c7ccccc7n(c(c2)c34)c65)cc1. The van der Waals surface area contributed by atoms with Crippen LogP contribution in [0.2, 0.25) is 0 Å². The Morgan fingerprint density at radius 3 is 0.904 bits per heavy atom. The fourth-order valence-corrected chi connectivity index (χ4v) is 8.43. The van der Waals surface area contributed by atoms with E-state index < -0.39 is 0 Å². The van der Waals surface area contributed by atoms with Crippen LogP contribution < -0.4 is 9.80 Å². The normalized spacial score (nSPS) is 11.8. The third kappa shape index (κ3) is 4.15. The first kappa shape index (κ1) is 28.8. The van der Waals surface area contributed by atoms with E-state index in [0.29, 0.717) is 0 Å². The number of nitrogens with zero attached hydrogens (tertiary/aromatic N) is 4. The zero-order chi connectivity index (χ0) is 34.2. The van der Waals surface area contributed by atoms with Gasteiger partial charge in [0.25, 0.3) is 0 Å². The number of fused-ring (bicyclic) bond motifs is 8. The highest BCUT2D eigenvalue weighted by Crippen LogP contribution is 2.47. The molecule has 0 atom stereocenters. The van der Waals surface area contributed by atoms with Crippen molar-refractivity contribution in [2.45, 2.75) is 0 Å². The Morgan fingerprint density at radius 1 is 0.250 bits per heavy atom. The van der Waals surface area contributed by atoms with Crippen LogP contribution in [0.4, 0.5) is 34.1 Å². The average Bonchev–Trinajstić information content (AvgIpc) is 3.73. The largest absolute Gasteiger partial charge is 0.310 e.